The highest BCUT2D eigenvalue weighted by Gasteiger charge is 2.08. The Labute approximate surface area is 145 Å². The number of hydrogen-bond acceptors (Lipinski definition) is 5. The highest BCUT2D eigenvalue weighted by Crippen LogP contribution is 2.22. The molecule has 0 spiro atoms. The predicted octanol–water partition coefficient (Wildman–Crippen LogP) is 3.60. The van der Waals surface area contributed by atoms with E-state index in [0.29, 0.717) is 5.95 Å². The van der Waals surface area contributed by atoms with Crippen LogP contribution in [0.3, 0.4) is 0 Å². The molecule has 124 valence electrons. The van der Waals surface area contributed by atoms with Crippen molar-refractivity contribution in [2.75, 3.05) is 24.3 Å². The smallest absolute Gasteiger partial charge is 0.227 e. The lowest BCUT2D eigenvalue weighted by Gasteiger charge is -2.13. The van der Waals surface area contributed by atoms with Crippen molar-refractivity contribution in [1.29, 1.82) is 0 Å². The Balaban J connectivity index is 1.63. The third-order valence-corrected chi connectivity index (χ3v) is 3.97. The number of aromatic nitrogens is 4. The van der Waals surface area contributed by atoms with Gasteiger partial charge in [-0.1, -0.05) is 6.07 Å². The number of hydrogen-bond donors (Lipinski definition) is 1. The highest BCUT2D eigenvalue weighted by atomic mass is 15.1. The van der Waals surface area contributed by atoms with Crippen LogP contribution in [0.5, 0.6) is 0 Å². The van der Waals surface area contributed by atoms with Gasteiger partial charge >= 0.3 is 0 Å². The van der Waals surface area contributed by atoms with Crippen LogP contribution in [0.1, 0.15) is 0 Å². The average molecular weight is 330 g/mol. The Kier molecular flexibility index (Phi) is 3.78. The Hall–Kier alpha value is -3.41. The summed E-state index contributed by atoms with van der Waals surface area (Å²) in [5.41, 5.74) is 4.74. The summed E-state index contributed by atoms with van der Waals surface area (Å²) in [5.74, 6) is 0.556. The number of imidazole rings is 1. The largest absolute Gasteiger partial charge is 0.378 e. The number of fused-ring (bicyclic) bond motifs is 1. The fourth-order valence-corrected chi connectivity index (χ4v) is 2.66. The Morgan fingerprint density at radius 2 is 1.80 bits per heavy atom. The molecule has 6 heteroatoms. The molecule has 3 aromatic heterocycles. The molecule has 0 bridgehead atoms. The predicted molar refractivity (Wildman–Crippen MR) is 100 cm³/mol. The number of rotatable bonds is 4. The van der Waals surface area contributed by atoms with Crippen LogP contribution in [0.4, 0.5) is 17.3 Å². The lowest BCUT2D eigenvalue weighted by Crippen LogP contribution is -2.08. The van der Waals surface area contributed by atoms with Gasteiger partial charge in [0.05, 0.1) is 17.6 Å². The topological polar surface area (TPSA) is 58.3 Å². The fourth-order valence-electron chi connectivity index (χ4n) is 2.66. The van der Waals surface area contributed by atoms with E-state index in [0.717, 1.165) is 28.4 Å². The molecule has 0 saturated heterocycles. The van der Waals surface area contributed by atoms with E-state index in [1.165, 1.54) is 0 Å². The zero-order valence-electron chi connectivity index (χ0n) is 14.1. The van der Waals surface area contributed by atoms with E-state index in [1.807, 2.05) is 67.3 Å². The molecule has 0 aliphatic rings. The Bertz CT molecular complexity index is 1000. The Morgan fingerprint density at radius 1 is 0.960 bits per heavy atom. The molecule has 0 unspecified atom stereocenters. The molecule has 25 heavy (non-hydrogen) atoms. The molecule has 0 atom stereocenters. The number of nitrogens with one attached hydrogen (secondary N) is 1. The van der Waals surface area contributed by atoms with Gasteiger partial charge in [-0.2, -0.15) is 0 Å². The maximum Gasteiger partial charge on any atom is 0.227 e. The fraction of sp³-hybridized carbons (Fsp3) is 0.105. The first kappa shape index (κ1) is 15.1. The van der Waals surface area contributed by atoms with Crippen molar-refractivity contribution in [3.8, 4) is 11.4 Å². The zero-order valence-corrected chi connectivity index (χ0v) is 14.1. The summed E-state index contributed by atoms with van der Waals surface area (Å²) in [6.07, 6.45) is 5.56. The summed E-state index contributed by atoms with van der Waals surface area (Å²) in [6, 6.07) is 15.9. The van der Waals surface area contributed by atoms with Crippen molar-refractivity contribution in [3.63, 3.8) is 0 Å². The summed E-state index contributed by atoms with van der Waals surface area (Å²) >= 11 is 0. The molecule has 0 amide bonds. The minimum absolute atomic E-state index is 0.556. The molecule has 0 saturated carbocycles. The van der Waals surface area contributed by atoms with Crippen LogP contribution in [-0.4, -0.2) is 33.4 Å². The molecule has 4 aromatic rings. The summed E-state index contributed by atoms with van der Waals surface area (Å²) < 4.78 is 2.01. The van der Waals surface area contributed by atoms with Gasteiger partial charge in [0, 0.05) is 37.9 Å². The van der Waals surface area contributed by atoms with Gasteiger partial charge in [-0.25, -0.2) is 15.0 Å². The van der Waals surface area contributed by atoms with E-state index >= 15 is 0 Å². The third kappa shape index (κ3) is 3.01. The minimum Gasteiger partial charge on any atom is -0.378 e. The monoisotopic (exact) mass is 330 g/mol. The normalized spacial score (nSPS) is 10.8. The lowest BCUT2D eigenvalue weighted by molar-refractivity contribution is 1.12. The molecular formula is C19H18N6. The molecule has 3 heterocycles. The molecule has 0 aliphatic heterocycles. The minimum atomic E-state index is 0.556. The quantitative estimate of drug-likeness (QED) is 0.619. The standard InChI is InChI=1S/C19H18N6/c1-24(2)15-8-6-14(7-9-15)22-19-20-11-10-16(23-19)17-13-21-18-5-3-4-12-25(17)18/h3-13H,1-2H3,(H,20,22,23). The summed E-state index contributed by atoms with van der Waals surface area (Å²) in [5, 5.41) is 3.25. The van der Waals surface area contributed by atoms with Gasteiger partial charge in [0.2, 0.25) is 5.95 Å². The maximum absolute atomic E-state index is 4.62. The zero-order chi connectivity index (χ0) is 17.2. The molecule has 0 fully saturated rings. The SMILES string of the molecule is CN(C)c1ccc(Nc2nccc(-c3cnc4ccccn34)n2)cc1. The van der Waals surface area contributed by atoms with Gasteiger partial charge in [-0.05, 0) is 42.5 Å². The van der Waals surface area contributed by atoms with Crippen LogP contribution in [0.2, 0.25) is 0 Å². The van der Waals surface area contributed by atoms with E-state index in [-0.39, 0.29) is 0 Å². The van der Waals surface area contributed by atoms with Gasteiger partial charge in [-0.15, -0.1) is 0 Å². The molecule has 0 radical (unpaired) electrons. The van der Waals surface area contributed by atoms with E-state index in [2.05, 4.69) is 37.3 Å². The number of benzene rings is 1. The van der Waals surface area contributed by atoms with Gasteiger partial charge in [0.15, 0.2) is 0 Å². The highest BCUT2D eigenvalue weighted by molar-refractivity contribution is 5.63. The van der Waals surface area contributed by atoms with E-state index in [4.69, 9.17) is 0 Å². The van der Waals surface area contributed by atoms with Crippen LogP contribution < -0.4 is 10.2 Å². The van der Waals surface area contributed by atoms with Gasteiger partial charge in [0.1, 0.15) is 5.65 Å². The third-order valence-electron chi connectivity index (χ3n) is 3.97. The van der Waals surface area contributed by atoms with Crippen molar-refractivity contribution in [3.05, 3.63) is 67.1 Å². The van der Waals surface area contributed by atoms with Crippen molar-refractivity contribution < 1.29 is 0 Å². The molecule has 6 nitrogen and oxygen atoms in total. The van der Waals surface area contributed by atoms with Gasteiger partial charge in [-0.3, -0.25) is 4.40 Å². The first-order valence-corrected chi connectivity index (χ1v) is 8.00. The van der Waals surface area contributed by atoms with Crippen LogP contribution in [0, 0.1) is 0 Å². The second-order valence-corrected chi connectivity index (χ2v) is 5.90. The molecule has 1 N–H and O–H groups in total. The Morgan fingerprint density at radius 3 is 2.60 bits per heavy atom. The number of pyridine rings is 1. The second kappa shape index (κ2) is 6.24. The first-order valence-electron chi connectivity index (χ1n) is 8.00. The summed E-state index contributed by atoms with van der Waals surface area (Å²) in [6.45, 7) is 0. The summed E-state index contributed by atoms with van der Waals surface area (Å²) in [7, 11) is 4.04. The molecule has 1 aromatic carbocycles. The number of nitrogens with zero attached hydrogens (tertiary/aromatic N) is 5. The molecule has 0 aliphatic carbocycles. The molecular weight excluding hydrogens is 312 g/mol. The van der Waals surface area contributed by atoms with Gasteiger partial charge < -0.3 is 10.2 Å². The van der Waals surface area contributed by atoms with Crippen LogP contribution >= 0.6 is 0 Å². The van der Waals surface area contributed by atoms with Crippen molar-refractivity contribution in [1.82, 2.24) is 19.4 Å². The first-order chi connectivity index (χ1) is 12.2. The molecule has 4 rings (SSSR count). The van der Waals surface area contributed by atoms with E-state index < -0.39 is 0 Å². The van der Waals surface area contributed by atoms with E-state index in [1.54, 1.807) is 6.20 Å². The number of anilines is 3. The van der Waals surface area contributed by atoms with E-state index in [9.17, 15) is 0 Å². The van der Waals surface area contributed by atoms with Gasteiger partial charge in [0.25, 0.3) is 0 Å². The summed E-state index contributed by atoms with van der Waals surface area (Å²) in [4.78, 5) is 15.4. The van der Waals surface area contributed by atoms with Crippen molar-refractivity contribution >= 4 is 23.0 Å². The lowest BCUT2D eigenvalue weighted by atomic mass is 10.2. The van der Waals surface area contributed by atoms with Crippen molar-refractivity contribution in [2.24, 2.45) is 0 Å². The van der Waals surface area contributed by atoms with Crippen LogP contribution in [0.15, 0.2) is 67.1 Å². The van der Waals surface area contributed by atoms with Crippen LogP contribution in [-0.2, 0) is 0 Å². The van der Waals surface area contributed by atoms with Crippen LogP contribution in [0.25, 0.3) is 17.0 Å². The maximum atomic E-state index is 4.62. The second-order valence-electron chi connectivity index (χ2n) is 5.90. The van der Waals surface area contributed by atoms with Crippen molar-refractivity contribution in [2.45, 2.75) is 0 Å². The average Bonchev–Trinajstić information content (AvgIpc) is 3.06.